The van der Waals surface area contributed by atoms with Crippen LogP contribution in [0.25, 0.3) is 0 Å². The van der Waals surface area contributed by atoms with Gasteiger partial charge in [0, 0.05) is 5.57 Å². The number of aliphatic hydroxyl groups is 2. The summed E-state index contributed by atoms with van der Waals surface area (Å²) >= 11 is 0. The lowest BCUT2D eigenvalue weighted by Crippen LogP contribution is -2.27. The maximum Gasteiger partial charge on any atom is 0.265 e. The van der Waals surface area contributed by atoms with Gasteiger partial charge in [-0.1, -0.05) is 0 Å². The fourth-order valence-corrected chi connectivity index (χ4v) is 1.62. The summed E-state index contributed by atoms with van der Waals surface area (Å²) < 4.78 is 29.3. The Bertz CT molecular complexity index is 328. The van der Waals surface area contributed by atoms with Crippen molar-refractivity contribution in [2.45, 2.75) is 6.92 Å². The topological polar surface area (TPSA) is 112 Å². The molecule has 0 aromatic rings. The number of rotatable bonds is 5. The van der Waals surface area contributed by atoms with Gasteiger partial charge < -0.3 is 10.2 Å². The SMILES string of the molecule is C/C(=C\O)C(=O)C(CO)CS(=O)(=O)O. The molecule has 1 unspecified atom stereocenters. The highest BCUT2D eigenvalue weighted by Gasteiger charge is 2.24. The Morgan fingerprint density at radius 2 is 2.00 bits per heavy atom. The summed E-state index contributed by atoms with van der Waals surface area (Å²) in [6.07, 6.45) is 0.523. The zero-order chi connectivity index (χ0) is 11.4. The van der Waals surface area contributed by atoms with Crippen molar-refractivity contribution in [2.75, 3.05) is 12.4 Å². The number of carbonyl (C=O) groups excluding carboxylic acids is 1. The van der Waals surface area contributed by atoms with Gasteiger partial charge in [-0.25, -0.2) is 0 Å². The molecule has 0 heterocycles. The number of Topliss-reactive ketones (excluding diaryl/α,β-unsaturated/α-hetero) is 1. The molecular weight excluding hydrogens is 212 g/mol. The largest absolute Gasteiger partial charge is 0.515 e. The van der Waals surface area contributed by atoms with Crippen molar-refractivity contribution in [1.29, 1.82) is 0 Å². The van der Waals surface area contributed by atoms with Crippen LogP contribution in [0, 0.1) is 5.92 Å². The molecule has 0 spiro atoms. The molecule has 0 saturated heterocycles. The Balaban J connectivity index is 4.67. The highest BCUT2D eigenvalue weighted by atomic mass is 32.2. The van der Waals surface area contributed by atoms with Gasteiger partial charge >= 0.3 is 0 Å². The highest BCUT2D eigenvalue weighted by Crippen LogP contribution is 2.08. The van der Waals surface area contributed by atoms with Gasteiger partial charge in [0.2, 0.25) is 0 Å². The van der Waals surface area contributed by atoms with Gasteiger partial charge in [-0.15, -0.1) is 0 Å². The van der Waals surface area contributed by atoms with Crippen LogP contribution in [0.2, 0.25) is 0 Å². The molecule has 7 heteroatoms. The molecule has 0 radical (unpaired) electrons. The van der Waals surface area contributed by atoms with Gasteiger partial charge in [-0.3, -0.25) is 9.35 Å². The Kier molecular flexibility index (Phi) is 4.75. The van der Waals surface area contributed by atoms with E-state index >= 15 is 0 Å². The maximum absolute atomic E-state index is 11.2. The fourth-order valence-electron chi connectivity index (χ4n) is 0.851. The summed E-state index contributed by atoms with van der Waals surface area (Å²) in [4.78, 5) is 11.2. The molecule has 0 rings (SSSR count). The maximum atomic E-state index is 11.2. The lowest BCUT2D eigenvalue weighted by atomic mass is 10.0. The van der Waals surface area contributed by atoms with Crippen molar-refractivity contribution >= 4 is 15.9 Å². The van der Waals surface area contributed by atoms with Crippen molar-refractivity contribution in [3.05, 3.63) is 11.8 Å². The smallest absolute Gasteiger partial charge is 0.265 e. The molecule has 3 N–H and O–H groups in total. The second-order valence-corrected chi connectivity index (χ2v) is 4.30. The Morgan fingerprint density at radius 3 is 2.29 bits per heavy atom. The average molecular weight is 224 g/mol. The zero-order valence-corrected chi connectivity index (χ0v) is 8.36. The Morgan fingerprint density at radius 1 is 1.50 bits per heavy atom. The predicted molar refractivity (Wildman–Crippen MR) is 48.4 cm³/mol. The molecule has 1 atom stereocenters. The molecule has 6 nitrogen and oxygen atoms in total. The van der Waals surface area contributed by atoms with Crippen LogP contribution in [-0.2, 0) is 14.9 Å². The Hall–Kier alpha value is -0.920. The second-order valence-electron chi connectivity index (χ2n) is 2.80. The summed E-state index contributed by atoms with van der Waals surface area (Å²) in [5.41, 5.74) is -0.0762. The number of ketones is 1. The van der Waals surface area contributed by atoms with Gasteiger partial charge in [-0.05, 0) is 6.92 Å². The number of hydrogen-bond donors (Lipinski definition) is 3. The van der Waals surface area contributed by atoms with Crippen LogP contribution in [0.1, 0.15) is 6.92 Å². The van der Waals surface area contributed by atoms with Crippen LogP contribution in [0.3, 0.4) is 0 Å². The van der Waals surface area contributed by atoms with E-state index in [-0.39, 0.29) is 5.57 Å². The highest BCUT2D eigenvalue weighted by molar-refractivity contribution is 7.85. The summed E-state index contributed by atoms with van der Waals surface area (Å²) in [6, 6.07) is 0. The van der Waals surface area contributed by atoms with Crippen LogP contribution in [-0.4, -0.2) is 41.3 Å². The fraction of sp³-hybridized carbons (Fsp3) is 0.571. The molecule has 82 valence electrons. The predicted octanol–water partition coefficient (Wildman–Crippen LogP) is -0.486. The summed E-state index contributed by atoms with van der Waals surface area (Å²) in [5.74, 6) is -2.81. The van der Waals surface area contributed by atoms with Gasteiger partial charge in [0.25, 0.3) is 10.1 Å². The van der Waals surface area contributed by atoms with E-state index < -0.39 is 34.2 Å². The van der Waals surface area contributed by atoms with E-state index in [0.717, 1.165) is 0 Å². The molecule has 14 heavy (non-hydrogen) atoms. The molecule has 0 amide bonds. The molecular formula is C7H12O6S. The first kappa shape index (κ1) is 13.1. The first-order chi connectivity index (χ1) is 6.31. The van der Waals surface area contributed by atoms with Crippen molar-refractivity contribution in [1.82, 2.24) is 0 Å². The standard InChI is InChI=1S/C7H12O6S/c1-5(2-8)7(10)6(3-9)4-14(11,12)13/h2,6,8-9H,3-4H2,1H3,(H,11,12,13)/b5-2+. The first-order valence-corrected chi connectivity index (χ1v) is 5.34. The van der Waals surface area contributed by atoms with Gasteiger partial charge in [-0.2, -0.15) is 8.42 Å². The normalized spacial score (nSPS) is 15.2. The summed E-state index contributed by atoms with van der Waals surface area (Å²) in [6.45, 7) is 0.568. The van der Waals surface area contributed by atoms with Gasteiger partial charge in [0.15, 0.2) is 5.78 Å². The molecule has 0 aliphatic rings. The minimum absolute atomic E-state index is 0.0762. The van der Waals surface area contributed by atoms with E-state index in [1.165, 1.54) is 6.92 Å². The van der Waals surface area contributed by atoms with Crippen LogP contribution in [0.4, 0.5) is 0 Å². The summed E-state index contributed by atoms with van der Waals surface area (Å²) in [5, 5.41) is 17.2. The second kappa shape index (κ2) is 5.08. The molecule has 0 bridgehead atoms. The average Bonchev–Trinajstić information content (AvgIpc) is 2.10. The monoisotopic (exact) mass is 224 g/mol. The lowest BCUT2D eigenvalue weighted by molar-refractivity contribution is -0.119. The number of allylic oxidation sites excluding steroid dienone is 1. The minimum atomic E-state index is -4.31. The van der Waals surface area contributed by atoms with Gasteiger partial charge in [0.05, 0.1) is 24.5 Å². The molecule has 0 aliphatic heterocycles. The van der Waals surface area contributed by atoms with Crippen molar-refractivity contribution in [2.24, 2.45) is 5.92 Å². The van der Waals surface area contributed by atoms with E-state index in [0.29, 0.717) is 6.26 Å². The van der Waals surface area contributed by atoms with E-state index in [4.69, 9.17) is 14.8 Å². The van der Waals surface area contributed by atoms with Crippen molar-refractivity contribution in [3.8, 4) is 0 Å². The van der Waals surface area contributed by atoms with Crippen LogP contribution < -0.4 is 0 Å². The third kappa shape index (κ3) is 4.35. The number of hydrogen-bond acceptors (Lipinski definition) is 5. The molecule has 0 aromatic carbocycles. The summed E-state index contributed by atoms with van der Waals surface area (Å²) in [7, 11) is -4.31. The molecule has 0 fully saturated rings. The quantitative estimate of drug-likeness (QED) is 0.330. The molecule has 0 aromatic heterocycles. The van der Waals surface area contributed by atoms with Crippen LogP contribution >= 0.6 is 0 Å². The number of carbonyl (C=O) groups is 1. The van der Waals surface area contributed by atoms with E-state index in [1.807, 2.05) is 0 Å². The minimum Gasteiger partial charge on any atom is -0.515 e. The van der Waals surface area contributed by atoms with Gasteiger partial charge in [0.1, 0.15) is 0 Å². The first-order valence-electron chi connectivity index (χ1n) is 3.73. The number of aliphatic hydroxyl groups excluding tert-OH is 2. The van der Waals surface area contributed by atoms with E-state index in [2.05, 4.69) is 0 Å². The zero-order valence-electron chi connectivity index (χ0n) is 7.54. The third-order valence-electron chi connectivity index (χ3n) is 1.59. The van der Waals surface area contributed by atoms with Crippen molar-refractivity contribution < 1.29 is 28.0 Å². The molecule has 0 aliphatic carbocycles. The van der Waals surface area contributed by atoms with Crippen LogP contribution in [0.15, 0.2) is 11.8 Å². The Labute approximate surface area is 81.6 Å². The molecule has 0 saturated carbocycles. The van der Waals surface area contributed by atoms with E-state index in [1.54, 1.807) is 0 Å². The lowest BCUT2D eigenvalue weighted by Gasteiger charge is -2.10. The van der Waals surface area contributed by atoms with Crippen molar-refractivity contribution in [3.63, 3.8) is 0 Å². The van der Waals surface area contributed by atoms with E-state index in [9.17, 15) is 13.2 Å². The van der Waals surface area contributed by atoms with Crippen LogP contribution in [0.5, 0.6) is 0 Å². The third-order valence-corrected chi connectivity index (χ3v) is 2.41.